The first-order valence-electron chi connectivity index (χ1n) is 6.52. The van der Waals surface area contributed by atoms with Crippen LogP contribution in [0.1, 0.15) is 24.1 Å². The summed E-state index contributed by atoms with van der Waals surface area (Å²) in [7, 11) is 1.64. The second-order valence-corrected chi connectivity index (χ2v) is 6.44. The number of halogens is 3. The number of ether oxygens (including phenoxy) is 1. The zero-order chi connectivity index (χ0) is 15.4. The molecular formula is C16H16Br2FNO. The highest BCUT2D eigenvalue weighted by molar-refractivity contribution is 9.10. The van der Waals surface area contributed by atoms with Gasteiger partial charge >= 0.3 is 0 Å². The molecule has 0 fully saturated rings. The molecule has 0 bridgehead atoms. The van der Waals surface area contributed by atoms with Crippen LogP contribution < -0.4 is 10.1 Å². The lowest BCUT2D eigenvalue weighted by atomic mass is 10.1. The topological polar surface area (TPSA) is 21.3 Å². The fourth-order valence-corrected chi connectivity index (χ4v) is 2.96. The molecule has 0 aromatic heterocycles. The average Bonchev–Trinajstić information content (AvgIpc) is 2.47. The standard InChI is InChI=1S/C16H16Br2FNO/c1-10(11-3-6-16(21-2)15(18)8-11)20-9-12-7-13(19)4-5-14(12)17/h3-8,10,20H,9H2,1-2H3. The maximum Gasteiger partial charge on any atom is 0.133 e. The van der Waals surface area contributed by atoms with Crippen LogP contribution >= 0.6 is 31.9 Å². The molecule has 0 aliphatic rings. The van der Waals surface area contributed by atoms with E-state index in [-0.39, 0.29) is 11.9 Å². The Labute approximate surface area is 141 Å². The van der Waals surface area contributed by atoms with Gasteiger partial charge in [0, 0.05) is 17.1 Å². The van der Waals surface area contributed by atoms with E-state index >= 15 is 0 Å². The Balaban J connectivity index is 2.06. The van der Waals surface area contributed by atoms with E-state index in [1.165, 1.54) is 12.1 Å². The van der Waals surface area contributed by atoms with Crippen LogP contribution in [0.25, 0.3) is 0 Å². The Bertz CT molecular complexity index is 634. The van der Waals surface area contributed by atoms with Crippen LogP contribution in [0, 0.1) is 5.82 Å². The fourth-order valence-electron chi connectivity index (χ4n) is 2.01. The van der Waals surface area contributed by atoms with Gasteiger partial charge in [0.15, 0.2) is 0 Å². The van der Waals surface area contributed by atoms with Gasteiger partial charge in [-0.1, -0.05) is 22.0 Å². The minimum absolute atomic E-state index is 0.141. The SMILES string of the molecule is COc1ccc(C(C)NCc2cc(F)ccc2Br)cc1Br. The van der Waals surface area contributed by atoms with Gasteiger partial charge in [-0.05, 0) is 64.3 Å². The zero-order valence-corrected chi connectivity index (χ0v) is 15.0. The van der Waals surface area contributed by atoms with Crippen molar-refractivity contribution in [2.75, 3.05) is 7.11 Å². The van der Waals surface area contributed by atoms with Crippen LogP contribution in [0.2, 0.25) is 0 Å². The molecule has 0 saturated carbocycles. The first-order chi connectivity index (χ1) is 10.0. The quantitative estimate of drug-likeness (QED) is 0.722. The van der Waals surface area contributed by atoms with Crippen molar-refractivity contribution in [2.24, 2.45) is 0 Å². The van der Waals surface area contributed by atoms with Crippen LogP contribution in [0.4, 0.5) is 4.39 Å². The number of rotatable bonds is 5. The molecule has 2 nitrogen and oxygen atoms in total. The summed E-state index contributed by atoms with van der Waals surface area (Å²) < 4.78 is 20.3. The second kappa shape index (κ2) is 7.38. The predicted molar refractivity (Wildman–Crippen MR) is 90.0 cm³/mol. The van der Waals surface area contributed by atoms with Gasteiger partial charge in [-0.3, -0.25) is 0 Å². The minimum Gasteiger partial charge on any atom is -0.496 e. The fraction of sp³-hybridized carbons (Fsp3) is 0.250. The number of methoxy groups -OCH3 is 1. The molecule has 2 aromatic rings. The van der Waals surface area contributed by atoms with Crippen molar-refractivity contribution in [3.8, 4) is 5.75 Å². The van der Waals surface area contributed by atoms with E-state index in [1.54, 1.807) is 13.2 Å². The minimum atomic E-state index is -0.227. The van der Waals surface area contributed by atoms with E-state index in [0.29, 0.717) is 6.54 Å². The van der Waals surface area contributed by atoms with Crippen LogP contribution in [0.15, 0.2) is 45.3 Å². The Morgan fingerprint density at radius 3 is 2.57 bits per heavy atom. The van der Waals surface area contributed by atoms with Crippen molar-refractivity contribution < 1.29 is 9.13 Å². The summed E-state index contributed by atoms with van der Waals surface area (Å²) in [5.74, 6) is 0.577. The Morgan fingerprint density at radius 1 is 1.14 bits per heavy atom. The molecule has 5 heteroatoms. The first-order valence-corrected chi connectivity index (χ1v) is 8.10. The van der Waals surface area contributed by atoms with Crippen molar-refractivity contribution in [1.29, 1.82) is 0 Å². The molecule has 0 aliphatic heterocycles. The smallest absolute Gasteiger partial charge is 0.133 e. The Hall–Kier alpha value is -0.910. The van der Waals surface area contributed by atoms with E-state index < -0.39 is 0 Å². The van der Waals surface area contributed by atoms with E-state index in [1.807, 2.05) is 18.2 Å². The summed E-state index contributed by atoms with van der Waals surface area (Å²) in [6.07, 6.45) is 0. The second-order valence-electron chi connectivity index (χ2n) is 4.73. The number of hydrogen-bond donors (Lipinski definition) is 1. The summed E-state index contributed by atoms with van der Waals surface area (Å²) in [6.45, 7) is 2.66. The van der Waals surface area contributed by atoms with E-state index in [2.05, 4.69) is 44.1 Å². The molecule has 0 heterocycles. The number of hydrogen-bond acceptors (Lipinski definition) is 2. The monoisotopic (exact) mass is 415 g/mol. The highest BCUT2D eigenvalue weighted by atomic mass is 79.9. The van der Waals surface area contributed by atoms with Gasteiger partial charge in [0.25, 0.3) is 0 Å². The molecule has 0 radical (unpaired) electrons. The van der Waals surface area contributed by atoms with Crippen molar-refractivity contribution in [3.05, 3.63) is 62.3 Å². The van der Waals surface area contributed by atoms with Gasteiger partial charge < -0.3 is 10.1 Å². The molecule has 0 spiro atoms. The molecule has 112 valence electrons. The molecule has 0 amide bonds. The zero-order valence-electron chi connectivity index (χ0n) is 11.8. The summed E-state index contributed by atoms with van der Waals surface area (Å²) in [5.41, 5.74) is 2.03. The van der Waals surface area contributed by atoms with Crippen molar-refractivity contribution in [2.45, 2.75) is 19.5 Å². The van der Waals surface area contributed by atoms with Gasteiger partial charge in [-0.25, -0.2) is 4.39 Å². The van der Waals surface area contributed by atoms with Gasteiger partial charge in [0.2, 0.25) is 0 Å². The molecule has 2 aromatic carbocycles. The molecule has 1 unspecified atom stereocenters. The van der Waals surface area contributed by atoms with Gasteiger partial charge in [0.05, 0.1) is 11.6 Å². The third-order valence-corrected chi connectivity index (χ3v) is 4.68. The molecular weight excluding hydrogens is 401 g/mol. The lowest BCUT2D eigenvalue weighted by Gasteiger charge is -2.16. The first kappa shape index (κ1) is 16.5. The lowest BCUT2D eigenvalue weighted by molar-refractivity contribution is 0.411. The van der Waals surface area contributed by atoms with Crippen LogP contribution in [-0.2, 0) is 6.54 Å². The summed E-state index contributed by atoms with van der Waals surface area (Å²) in [4.78, 5) is 0. The predicted octanol–water partition coefficient (Wildman–Crippen LogP) is 5.21. The van der Waals surface area contributed by atoms with Crippen molar-refractivity contribution in [1.82, 2.24) is 5.32 Å². The van der Waals surface area contributed by atoms with E-state index in [9.17, 15) is 4.39 Å². The molecule has 1 N–H and O–H groups in total. The average molecular weight is 417 g/mol. The third-order valence-electron chi connectivity index (χ3n) is 3.28. The molecule has 0 aliphatic carbocycles. The van der Waals surface area contributed by atoms with Crippen molar-refractivity contribution in [3.63, 3.8) is 0 Å². The summed E-state index contributed by atoms with van der Waals surface area (Å²) in [6, 6.07) is 10.8. The van der Waals surface area contributed by atoms with Gasteiger partial charge in [0.1, 0.15) is 11.6 Å². The highest BCUT2D eigenvalue weighted by Gasteiger charge is 2.09. The largest absolute Gasteiger partial charge is 0.496 e. The number of nitrogens with one attached hydrogen (secondary N) is 1. The summed E-state index contributed by atoms with van der Waals surface area (Å²) in [5, 5.41) is 3.39. The van der Waals surface area contributed by atoms with E-state index in [0.717, 1.165) is 25.8 Å². The van der Waals surface area contributed by atoms with Gasteiger partial charge in [-0.2, -0.15) is 0 Å². The van der Waals surface area contributed by atoms with E-state index in [4.69, 9.17) is 4.74 Å². The maximum absolute atomic E-state index is 13.3. The van der Waals surface area contributed by atoms with Crippen molar-refractivity contribution >= 4 is 31.9 Å². The molecule has 21 heavy (non-hydrogen) atoms. The summed E-state index contributed by atoms with van der Waals surface area (Å²) >= 11 is 6.92. The Morgan fingerprint density at radius 2 is 1.90 bits per heavy atom. The highest BCUT2D eigenvalue weighted by Crippen LogP contribution is 2.28. The van der Waals surface area contributed by atoms with Crippen LogP contribution in [0.5, 0.6) is 5.75 Å². The van der Waals surface area contributed by atoms with Crippen LogP contribution in [0.3, 0.4) is 0 Å². The van der Waals surface area contributed by atoms with Gasteiger partial charge in [-0.15, -0.1) is 0 Å². The van der Waals surface area contributed by atoms with Crippen LogP contribution in [-0.4, -0.2) is 7.11 Å². The normalized spacial score (nSPS) is 12.2. The molecule has 2 rings (SSSR count). The number of benzene rings is 2. The molecule has 1 atom stereocenters. The molecule has 0 saturated heterocycles. The lowest BCUT2D eigenvalue weighted by Crippen LogP contribution is -2.18. The maximum atomic E-state index is 13.3. The Kier molecular flexibility index (Phi) is 5.79. The third kappa shape index (κ3) is 4.28.